The predicted octanol–water partition coefficient (Wildman–Crippen LogP) is 1.86. The number of aliphatic hydroxyl groups is 1. The molecule has 19 heavy (non-hydrogen) atoms. The van der Waals surface area contributed by atoms with E-state index in [1.807, 2.05) is 6.20 Å². The third-order valence-corrected chi connectivity index (χ3v) is 5.19. The molecule has 0 unspecified atom stereocenters. The van der Waals surface area contributed by atoms with Crippen molar-refractivity contribution in [1.29, 1.82) is 0 Å². The summed E-state index contributed by atoms with van der Waals surface area (Å²) in [5, 5.41) is 13.9. The predicted molar refractivity (Wildman–Crippen MR) is 75.5 cm³/mol. The highest BCUT2D eigenvalue weighted by atomic mass is 32.1. The van der Waals surface area contributed by atoms with Gasteiger partial charge in [0.2, 0.25) is 0 Å². The van der Waals surface area contributed by atoms with Gasteiger partial charge in [-0.3, -0.25) is 4.90 Å². The molecule has 2 aliphatic heterocycles. The summed E-state index contributed by atoms with van der Waals surface area (Å²) in [7, 11) is 0. The van der Waals surface area contributed by atoms with Crippen LogP contribution in [0.4, 0.5) is 0 Å². The van der Waals surface area contributed by atoms with Crippen LogP contribution in [0.5, 0.6) is 0 Å². The molecule has 0 spiro atoms. The molecule has 0 saturated carbocycles. The van der Waals surface area contributed by atoms with Gasteiger partial charge in [0.15, 0.2) is 0 Å². The van der Waals surface area contributed by atoms with Gasteiger partial charge in [-0.15, -0.1) is 11.3 Å². The lowest BCUT2D eigenvalue weighted by molar-refractivity contribution is -0.0824. The van der Waals surface area contributed by atoms with Crippen LogP contribution in [-0.2, 0) is 4.74 Å². The summed E-state index contributed by atoms with van der Waals surface area (Å²) in [6.07, 6.45) is 5.87. The first-order valence-electron chi connectivity index (χ1n) is 7.17. The van der Waals surface area contributed by atoms with E-state index in [0.29, 0.717) is 19.1 Å². The summed E-state index contributed by atoms with van der Waals surface area (Å²) in [6.45, 7) is 4.32. The molecule has 1 aromatic rings. The summed E-state index contributed by atoms with van der Waals surface area (Å²) in [4.78, 5) is 6.87. The Labute approximate surface area is 118 Å². The Hall–Kier alpha value is -0.490. The molecule has 5 heteroatoms. The molecule has 0 aromatic carbocycles. The number of likely N-dealkylation sites (tertiary alicyclic amines) is 1. The number of ether oxygens (including phenoxy) is 1. The van der Waals surface area contributed by atoms with Crippen LogP contribution >= 0.6 is 11.3 Å². The van der Waals surface area contributed by atoms with Crippen molar-refractivity contribution >= 4 is 11.3 Å². The van der Waals surface area contributed by atoms with Crippen molar-refractivity contribution < 1.29 is 9.84 Å². The molecule has 106 valence electrons. The average molecular weight is 282 g/mol. The molecule has 0 bridgehead atoms. The minimum atomic E-state index is -0.539. The topological polar surface area (TPSA) is 45.6 Å². The van der Waals surface area contributed by atoms with Crippen LogP contribution < -0.4 is 0 Å². The van der Waals surface area contributed by atoms with Crippen LogP contribution in [-0.4, -0.2) is 53.4 Å². The molecule has 2 saturated heterocycles. The fourth-order valence-corrected chi connectivity index (χ4v) is 3.93. The number of hydrogen-bond acceptors (Lipinski definition) is 5. The van der Waals surface area contributed by atoms with E-state index in [1.165, 1.54) is 17.8 Å². The van der Waals surface area contributed by atoms with Gasteiger partial charge in [0.25, 0.3) is 0 Å². The normalized spacial score (nSPS) is 28.4. The van der Waals surface area contributed by atoms with Gasteiger partial charge in [0.1, 0.15) is 0 Å². The van der Waals surface area contributed by atoms with Crippen molar-refractivity contribution in [3.05, 3.63) is 16.6 Å². The van der Waals surface area contributed by atoms with E-state index in [0.717, 1.165) is 32.5 Å². The first-order chi connectivity index (χ1) is 9.25. The molecule has 0 aliphatic carbocycles. The van der Waals surface area contributed by atoms with E-state index >= 15 is 0 Å². The first kappa shape index (κ1) is 13.5. The van der Waals surface area contributed by atoms with Crippen LogP contribution in [0.25, 0.3) is 0 Å². The second kappa shape index (κ2) is 5.87. The minimum absolute atomic E-state index is 0.539. The zero-order valence-electron chi connectivity index (χ0n) is 11.3. The standard InChI is InChI=1S/C14H22N2O2S/c17-14(3-7-18-8-4-14)11-16-6-1-2-12(10-16)13-15-5-9-19-13/h5,9,12,17H,1-4,6-8,10-11H2/t12-/m0/s1. The maximum absolute atomic E-state index is 10.6. The van der Waals surface area contributed by atoms with Gasteiger partial charge in [0.05, 0.1) is 10.6 Å². The Balaban J connectivity index is 1.59. The summed E-state index contributed by atoms with van der Waals surface area (Å²) >= 11 is 1.76. The lowest BCUT2D eigenvalue weighted by Crippen LogP contribution is -2.49. The highest BCUT2D eigenvalue weighted by molar-refractivity contribution is 7.09. The number of hydrogen-bond donors (Lipinski definition) is 1. The molecular weight excluding hydrogens is 260 g/mol. The monoisotopic (exact) mass is 282 g/mol. The number of aromatic nitrogens is 1. The molecule has 1 N–H and O–H groups in total. The Morgan fingerprint density at radius 2 is 2.32 bits per heavy atom. The van der Waals surface area contributed by atoms with Crippen molar-refractivity contribution in [2.75, 3.05) is 32.8 Å². The largest absolute Gasteiger partial charge is 0.388 e. The second-order valence-corrected chi connectivity index (χ2v) is 6.71. The average Bonchev–Trinajstić information content (AvgIpc) is 2.93. The second-order valence-electron chi connectivity index (χ2n) is 5.78. The third kappa shape index (κ3) is 3.34. The van der Waals surface area contributed by atoms with Gasteiger partial charge in [-0.05, 0) is 19.4 Å². The summed E-state index contributed by atoms with van der Waals surface area (Å²) in [5.41, 5.74) is -0.539. The summed E-state index contributed by atoms with van der Waals surface area (Å²) in [5.74, 6) is 0.553. The minimum Gasteiger partial charge on any atom is -0.388 e. The smallest absolute Gasteiger partial charge is 0.0968 e. The van der Waals surface area contributed by atoms with Crippen molar-refractivity contribution in [2.24, 2.45) is 0 Å². The van der Waals surface area contributed by atoms with E-state index in [-0.39, 0.29) is 0 Å². The zero-order valence-corrected chi connectivity index (χ0v) is 12.1. The Morgan fingerprint density at radius 3 is 3.05 bits per heavy atom. The maximum Gasteiger partial charge on any atom is 0.0968 e. The fourth-order valence-electron chi connectivity index (χ4n) is 3.16. The van der Waals surface area contributed by atoms with E-state index in [1.54, 1.807) is 11.3 Å². The van der Waals surface area contributed by atoms with Gasteiger partial charge in [-0.1, -0.05) is 0 Å². The number of thiazole rings is 1. The molecule has 1 atom stereocenters. The molecule has 2 fully saturated rings. The lowest BCUT2D eigenvalue weighted by Gasteiger charge is -2.40. The van der Waals surface area contributed by atoms with Gasteiger partial charge >= 0.3 is 0 Å². The number of piperidine rings is 1. The molecule has 3 rings (SSSR count). The van der Waals surface area contributed by atoms with E-state index in [2.05, 4.69) is 15.3 Å². The van der Waals surface area contributed by atoms with Gasteiger partial charge < -0.3 is 9.84 Å². The van der Waals surface area contributed by atoms with Crippen LogP contribution in [0.15, 0.2) is 11.6 Å². The molecule has 0 radical (unpaired) electrons. The lowest BCUT2D eigenvalue weighted by atomic mass is 9.91. The number of β-amino-alcohol motifs (C(OH)–C–C–N with tert-alkyl or cyclic N) is 1. The van der Waals surface area contributed by atoms with E-state index in [9.17, 15) is 5.11 Å². The van der Waals surface area contributed by atoms with Crippen molar-refractivity contribution in [1.82, 2.24) is 9.88 Å². The van der Waals surface area contributed by atoms with Gasteiger partial charge in [-0.25, -0.2) is 4.98 Å². The van der Waals surface area contributed by atoms with Crippen molar-refractivity contribution in [2.45, 2.75) is 37.2 Å². The molecule has 3 heterocycles. The highest BCUT2D eigenvalue weighted by Crippen LogP contribution is 2.30. The molecular formula is C14H22N2O2S. The summed E-state index contributed by atoms with van der Waals surface area (Å²) in [6, 6.07) is 0. The maximum atomic E-state index is 10.6. The number of nitrogens with zero attached hydrogens (tertiary/aromatic N) is 2. The third-order valence-electron chi connectivity index (χ3n) is 4.25. The molecule has 4 nitrogen and oxygen atoms in total. The van der Waals surface area contributed by atoms with Gasteiger partial charge in [-0.2, -0.15) is 0 Å². The van der Waals surface area contributed by atoms with Crippen molar-refractivity contribution in [3.63, 3.8) is 0 Å². The SMILES string of the molecule is OC1(CN2CCC[C@H](c3nccs3)C2)CCOCC1. The summed E-state index contributed by atoms with van der Waals surface area (Å²) < 4.78 is 5.35. The highest BCUT2D eigenvalue weighted by Gasteiger charge is 2.34. The Bertz CT molecular complexity index is 390. The fraction of sp³-hybridized carbons (Fsp3) is 0.786. The van der Waals surface area contributed by atoms with Crippen LogP contribution in [0.1, 0.15) is 36.6 Å². The quantitative estimate of drug-likeness (QED) is 0.919. The Morgan fingerprint density at radius 1 is 1.47 bits per heavy atom. The molecule has 0 amide bonds. The van der Waals surface area contributed by atoms with Gasteiger partial charge in [0, 0.05) is 56.6 Å². The van der Waals surface area contributed by atoms with Crippen molar-refractivity contribution in [3.8, 4) is 0 Å². The van der Waals surface area contributed by atoms with Crippen LogP contribution in [0.2, 0.25) is 0 Å². The molecule has 1 aromatic heterocycles. The van der Waals surface area contributed by atoms with Crippen LogP contribution in [0.3, 0.4) is 0 Å². The van der Waals surface area contributed by atoms with E-state index in [4.69, 9.17) is 4.74 Å². The first-order valence-corrected chi connectivity index (χ1v) is 8.05. The van der Waals surface area contributed by atoms with Crippen LogP contribution in [0, 0.1) is 0 Å². The number of rotatable bonds is 3. The Kier molecular flexibility index (Phi) is 4.17. The molecule has 2 aliphatic rings. The van der Waals surface area contributed by atoms with E-state index < -0.39 is 5.60 Å². The zero-order chi connectivity index (χ0) is 13.1.